The quantitative estimate of drug-likeness (QED) is 0.851. The maximum atomic E-state index is 13.0. The van der Waals surface area contributed by atoms with Crippen molar-refractivity contribution in [1.29, 1.82) is 0 Å². The molecule has 0 spiro atoms. The molecule has 26 heavy (non-hydrogen) atoms. The Balaban J connectivity index is 1.71. The fourth-order valence-electron chi connectivity index (χ4n) is 3.46. The molecule has 2 aromatic rings. The van der Waals surface area contributed by atoms with Gasteiger partial charge in [0.1, 0.15) is 5.69 Å². The van der Waals surface area contributed by atoms with Crippen LogP contribution in [-0.2, 0) is 13.6 Å². The topological polar surface area (TPSA) is 74.7 Å². The molecular weight excluding hydrogens is 332 g/mol. The van der Waals surface area contributed by atoms with Crippen molar-refractivity contribution in [2.75, 3.05) is 26.2 Å². The Kier molecular flexibility index (Phi) is 5.78. The van der Waals surface area contributed by atoms with Crippen molar-refractivity contribution in [2.45, 2.75) is 38.8 Å². The molecule has 1 fully saturated rings. The number of hydrogen-bond donors (Lipinski definition) is 1. The van der Waals surface area contributed by atoms with E-state index in [-0.39, 0.29) is 24.5 Å². The molecule has 1 N–H and O–H groups in total. The summed E-state index contributed by atoms with van der Waals surface area (Å²) in [6, 6.07) is 3.98. The number of amides is 1. The number of aliphatic hydroxyl groups is 1. The fourth-order valence-corrected chi connectivity index (χ4v) is 3.46. The van der Waals surface area contributed by atoms with Crippen molar-refractivity contribution in [1.82, 2.24) is 19.6 Å². The molecule has 1 saturated heterocycles. The minimum absolute atomic E-state index is 0.0119. The monoisotopic (exact) mass is 360 g/mol. The molecular formula is C19H28N4O3. The molecule has 0 unspecified atom stereocenters. The standard InChI is InChI=1S/C19H28N4O3/c1-14(2)17-10-18(21(3)20-17)19(25)23-7-6-22(16(12-23)4-8-24)11-15-5-9-26-13-15/h5,9-10,13-14,16,24H,4,6-8,11-12H2,1-3H3/t16-/m1/s1. The first-order valence-electron chi connectivity index (χ1n) is 9.18. The molecule has 142 valence electrons. The summed E-state index contributed by atoms with van der Waals surface area (Å²) in [5, 5.41) is 13.9. The maximum Gasteiger partial charge on any atom is 0.272 e. The van der Waals surface area contributed by atoms with Gasteiger partial charge in [-0.3, -0.25) is 14.4 Å². The van der Waals surface area contributed by atoms with Gasteiger partial charge in [-0.05, 0) is 24.5 Å². The number of furan rings is 1. The van der Waals surface area contributed by atoms with E-state index in [1.807, 2.05) is 24.1 Å². The first-order valence-corrected chi connectivity index (χ1v) is 9.18. The number of piperazine rings is 1. The van der Waals surface area contributed by atoms with Crippen molar-refractivity contribution < 1.29 is 14.3 Å². The second kappa shape index (κ2) is 8.05. The Morgan fingerprint density at radius 1 is 1.42 bits per heavy atom. The molecule has 1 amide bonds. The molecule has 3 heterocycles. The zero-order valence-corrected chi connectivity index (χ0v) is 15.8. The Hall–Kier alpha value is -2.12. The van der Waals surface area contributed by atoms with E-state index in [0.717, 1.165) is 24.3 Å². The molecule has 2 aromatic heterocycles. The second-order valence-electron chi connectivity index (χ2n) is 7.25. The zero-order valence-electron chi connectivity index (χ0n) is 15.8. The number of nitrogens with zero attached hydrogens (tertiary/aromatic N) is 4. The summed E-state index contributed by atoms with van der Waals surface area (Å²) in [5.74, 6) is 0.300. The Morgan fingerprint density at radius 3 is 2.85 bits per heavy atom. The van der Waals surface area contributed by atoms with Gasteiger partial charge in [-0.25, -0.2) is 0 Å². The lowest BCUT2D eigenvalue weighted by atomic mass is 10.1. The highest BCUT2D eigenvalue weighted by Gasteiger charge is 2.31. The van der Waals surface area contributed by atoms with Crippen molar-refractivity contribution in [3.63, 3.8) is 0 Å². The van der Waals surface area contributed by atoms with Crippen LogP contribution in [0.15, 0.2) is 29.1 Å². The predicted molar refractivity (Wildman–Crippen MR) is 97.8 cm³/mol. The highest BCUT2D eigenvalue weighted by Crippen LogP contribution is 2.20. The molecule has 0 aromatic carbocycles. The van der Waals surface area contributed by atoms with Gasteiger partial charge in [0.25, 0.3) is 5.91 Å². The molecule has 0 bridgehead atoms. The third-order valence-corrected chi connectivity index (χ3v) is 5.03. The van der Waals surface area contributed by atoms with Gasteiger partial charge in [-0.15, -0.1) is 0 Å². The number of carbonyl (C=O) groups excluding carboxylic acids is 1. The van der Waals surface area contributed by atoms with Crippen LogP contribution in [0.2, 0.25) is 0 Å². The minimum atomic E-state index is 0.0119. The van der Waals surface area contributed by atoms with E-state index in [4.69, 9.17) is 4.42 Å². The van der Waals surface area contributed by atoms with Crippen molar-refractivity contribution in [3.05, 3.63) is 41.6 Å². The molecule has 3 rings (SSSR count). The van der Waals surface area contributed by atoms with Crippen LogP contribution in [0.5, 0.6) is 0 Å². The Labute approximate surface area is 154 Å². The van der Waals surface area contributed by atoms with Crippen LogP contribution in [-0.4, -0.2) is 62.9 Å². The van der Waals surface area contributed by atoms with Crippen molar-refractivity contribution >= 4 is 5.91 Å². The van der Waals surface area contributed by atoms with Gasteiger partial charge in [-0.1, -0.05) is 13.8 Å². The fraction of sp³-hybridized carbons (Fsp3) is 0.579. The van der Waals surface area contributed by atoms with Gasteiger partial charge >= 0.3 is 0 Å². The normalized spacial score (nSPS) is 18.7. The number of carbonyl (C=O) groups is 1. The van der Waals surface area contributed by atoms with Gasteiger partial charge < -0.3 is 14.4 Å². The third kappa shape index (κ3) is 3.99. The van der Waals surface area contributed by atoms with E-state index in [1.54, 1.807) is 17.2 Å². The molecule has 0 radical (unpaired) electrons. The first-order chi connectivity index (χ1) is 12.5. The van der Waals surface area contributed by atoms with Crippen LogP contribution < -0.4 is 0 Å². The molecule has 7 nitrogen and oxygen atoms in total. The smallest absolute Gasteiger partial charge is 0.272 e. The van der Waals surface area contributed by atoms with Gasteiger partial charge in [0.2, 0.25) is 0 Å². The molecule has 1 atom stereocenters. The van der Waals surface area contributed by atoms with Crippen LogP contribution in [0.4, 0.5) is 0 Å². The minimum Gasteiger partial charge on any atom is -0.472 e. The van der Waals surface area contributed by atoms with E-state index in [1.165, 1.54) is 0 Å². The lowest BCUT2D eigenvalue weighted by molar-refractivity contribution is 0.0386. The number of rotatable bonds is 6. The number of hydrogen-bond acceptors (Lipinski definition) is 5. The predicted octanol–water partition coefficient (Wildman–Crippen LogP) is 1.85. The summed E-state index contributed by atoms with van der Waals surface area (Å²) < 4.78 is 6.83. The van der Waals surface area contributed by atoms with Gasteiger partial charge in [0, 0.05) is 51.4 Å². The number of aromatic nitrogens is 2. The molecule has 0 saturated carbocycles. The number of aryl methyl sites for hydroxylation is 1. The average molecular weight is 360 g/mol. The molecule has 1 aliphatic rings. The Bertz CT molecular complexity index is 723. The first kappa shape index (κ1) is 18.7. The molecule has 7 heteroatoms. The second-order valence-corrected chi connectivity index (χ2v) is 7.25. The largest absolute Gasteiger partial charge is 0.472 e. The van der Waals surface area contributed by atoms with E-state index >= 15 is 0 Å². The summed E-state index contributed by atoms with van der Waals surface area (Å²) in [4.78, 5) is 17.2. The van der Waals surface area contributed by atoms with Crippen LogP contribution in [0.25, 0.3) is 0 Å². The summed E-state index contributed by atoms with van der Waals surface area (Å²) in [7, 11) is 1.82. The molecule has 1 aliphatic heterocycles. The van der Waals surface area contributed by atoms with Crippen molar-refractivity contribution in [2.24, 2.45) is 7.05 Å². The van der Waals surface area contributed by atoms with Crippen LogP contribution in [0.1, 0.15) is 47.9 Å². The highest BCUT2D eigenvalue weighted by molar-refractivity contribution is 5.92. The van der Waals surface area contributed by atoms with Gasteiger partial charge in [0.15, 0.2) is 0 Å². The van der Waals surface area contributed by atoms with E-state index in [0.29, 0.717) is 25.2 Å². The summed E-state index contributed by atoms with van der Waals surface area (Å²) in [5.41, 5.74) is 2.67. The van der Waals surface area contributed by atoms with Crippen molar-refractivity contribution in [3.8, 4) is 0 Å². The average Bonchev–Trinajstić information content (AvgIpc) is 3.25. The number of aliphatic hydroxyl groups excluding tert-OH is 1. The van der Waals surface area contributed by atoms with Gasteiger partial charge in [0.05, 0.1) is 18.2 Å². The van der Waals surface area contributed by atoms with E-state index in [2.05, 4.69) is 23.8 Å². The zero-order chi connectivity index (χ0) is 18.7. The van der Waals surface area contributed by atoms with Crippen LogP contribution in [0.3, 0.4) is 0 Å². The Morgan fingerprint density at radius 2 is 2.23 bits per heavy atom. The summed E-state index contributed by atoms with van der Waals surface area (Å²) >= 11 is 0. The summed E-state index contributed by atoms with van der Waals surface area (Å²) in [6.07, 6.45) is 4.06. The highest BCUT2D eigenvalue weighted by atomic mass is 16.3. The summed E-state index contributed by atoms with van der Waals surface area (Å²) in [6.45, 7) is 7.08. The molecule has 0 aliphatic carbocycles. The SMILES string of the molecule is CC(C)c1cc(C(=O)N2CCN(Cc3ccoc3)[C@H](CCO)C2)n(C)n1. The van der Waals surface area contributed by atoms with Gasteiger partial charge in [-0.2, -0.15) is 5.10 Å². The lowest BCUT2D eigenvalue weighted by Crippen LogP contribution is -2.54. The van der Waals surface area contributed by atoms with Crippen LogP contribution >= 0.6 is 0 Å². The van der Waals surface area contributed by atoms with E-state index in [9.17, 15) is 9.90 Å². The third-order valence-electron chi connectivity index (χ3n) is 5.03. The van der Waals surface area contributed by atoms with Crippen LogP contribution in [0, 0.1) is 0 Å². The maximum absolute atomic E-state index is 13.0. The van der Waals surface area contributed by atoms with E-state index < -0.39 is 0 Å². The lowest BCUT2D eigenvalue weighted by Gasteiger charge is -2.41.